The quantitative estimate of drug-likeness (QED) is 0.630. The molecule has 0 unspecified atom stereocenters. The number of hydrogen-bond donors (Lipinski definition) is 3. The van der Waals surface area contributed by atoms with Gasteiger partial charge in [-0.05, 0) is 13.0 Å². The van der Waals surface area contributed by atoms with Crippen molar-refractivity contribution in [3.05, 3.63) is 18.0 Å². The number of nitrogens with one attached hydrogen (secondary N) is 2. The zero-order valence-corrected chi connectivity index (χ0v) is 11.9. The first-order valence-corrected chi connectivity index (χ1v) is 6.70. The second kappa shape index (κ2) is 7.12. The van der Waals surface area contributed by atoms with Gasteiger partial charge in [-0.1, -0.05) is 0 Å². The fourth-order valence-corrected chi connectivity index (χ4v) is 2.04. The molecule has 3 N–H and O–H groups in total. The summed E-state index contributed by atoms with van der Waals surface area (Å²) in [5.41, 5.74) is 1.81. The summed E-state index contributed by atoms with van der Waals surface area (Å²) >= 11 is 0. The second-order valence-corrected chi connectivity index (χ2v) is 4.48. The van der Waals surface area contributed by atoms with Crippen molar-refractivity contribution in [1.82, 2.24) is 15.3 Å². The average molecular weight is 279 g/mol. The summed E-state index contributed by atoms with van der Waals surface area (Å²) in [5, 5.41) is 11.9. The summed E-state index contributed by atoms with van der Waals surface area (Å²) in [5.74, 6) is 2.29. The number of methoxy groups -OCH3 is 2. The molecule has 0 radical (unpaired) electrons. The minimum Gasteiger partial charge on any atom is -0.493 e. The summed E-state index contributed by atoms with van der Waals surface area (Å²) < 4.78 is 10.5. The number of fused-ring (bicyclic) bond motifs is 1. The number of aliphatic hydroxyl groups is 1. The van der Waals surface area contributed by atoms with Crippen LogP contribution in [-0.2, 0) is 6.42 Å². The largest absolute Gasteiger partial charge is 0.493 e. The summed E-state index contributed by atoms with van der Waals surface area (Å²) in [6.45, 7) is 1.86. The highest BCUT2D eigenvalue weighted by molar-refractivity contribution is 5.79. The zero-order chi connectivity index (χ0) is 14.4. The first kappa shape index (κ1) is 14.6. The standard InChI is InChI=1S/C14H21N3O3/c1-19-12-8-10-11(9-13(12)20-2)17-14(16-10)4-6-15-5-3-7-18/h8-9,15,18H,3-7H2,1-2H3,(H,16,17). The average Bonchev–Trinajstić information content (AvgIpc) is 2.87. The Kier molecular flexibility index (Phi) is 5.20. The maximum absolute atomic E-state index is 8.69. The molecule has 0 aliphatic heterocycles. The molecular formula is C14H21N3O3. The van der Waals surface area contributed by atoms with Gasteiger partial charge in [-0.15, -0.1) is 0 Å². The lowest BCUT2D eigenvalue weighted by atomic mass is 10.3. The first-order chi connectivity index (χ1) is 9.78. The van der Waals surface area contributed by atoms with E-state index in [0.29, 0.717) is 11.5 Å². The van der Waals surface area contributed by atoms with E-state index in [9.17, 15) is 0 Å². The molecule has 0 amide bonds. The molecule has 1 heterocycles. The van der Waals surface area contributed by atoms with Gasteiger partial charge < -0.3 is 24.9 Å². The number of aliphatic hydroxyl groups excluding tert-OH is 1. The third kappa shape index (κ3) is 3.40. The Morgan fingerprint density at radius 3 is 2.65 bits per heavy atom. The van der Waals surface area contributed by atoms with Crippen molar-refractivity contribution in [1.29, 1.82) is 0 Å². The van der Waals surface area contributed by atoms with E-state index in [4.69, 9.17) is 14.6 Å². The van der Waals surface area contributed by atoms with Gasteiger partial charge in [0.05, 0.1) is 25.3 Å². The van der Waals surface area contributed by atoms with Gasteiger partial charge in [0.1, 0.15) is 5.82 Å². The van der Waals surface area contributed by atoms with Crippen molar-refractivity contribution in [3.63, 3.8) is 0 Å². The lowest BCUT2D eigenvalue weighted by Crippen LogP contribution is -2.19. The molecule has 0 spiro atoms. The number of imidazole rings is 1. The van der Waals surface area contributed by atoms with E-state index in [2.05, 4.69) is 15.3 Å². The van der Waals surface area contributed by atoms with Crippen LogP contribution in [0.3, 0.4) is 0 Å². The smallest absolute Gasteiger partial charge is 0.163 e. The number of ether oxygens (including phenoxy) is 2. The van der Waals surface area contributed by atoms with E-state index >= 15 is 0 Å². The van der Waals surface area contributed by atoms with Crippen LogP contribution in [0.1, 0.15) is 12.2 Å². The van der Waals surface area contributed by atoms with Crippen LogP contribution in [0.4, 0.5) is 0 Å². The highest BCUT2D eigenvalue weighted by atomic mass is 16.5. The van der Waals surface area contributed by atoms with Crippen molar-refractivity contribution in [2.45, 2.75) is 12.8 Å². The maximum atomic E-state index is 8.69. The van der Waals surface area contributed by atoms with E-state index in [1.165, 1.54) is 0 Å². The van der Waals surface area contributed by atoms with Crippen LogP contribution in [0.15, 0.2) is 12.1 Å². The summed E-state index contributed by atoms with van der Waals surface area (Å²) in [4.78, 5) is 7.81. The van der Waals surface area contributed by atoms with Crippen LogP contribution in [0.5, 0.6) is 11.5 Å². The molecule has 110 valence electrons. The van der Waals surface area contributed by atoms with Crippen molar-refractivity contribution in [2.75, 3.05) is 33.9 Å². The SMILES string of the molecule is COc1cc2nc(CCNCCCO)[nH]c2cc1OC. The van der Waals surface area contributed by atoms with Gasteiger partial charge in [-0.3, -0.25) is 0 Å². The molecule has 0 saturated heterocycles. The van der Waals surface area contributed by atoms with Crippen LogP contribution >= 0.6 is 0 Å². The summed E-state index contributed by atoms with van der Waals surface area (Å²) in [6, 6.07) is 3.76. The Morgan fingerprint density at radius 2 is 1.95 bits per heavy atom. The number of nitrogens with zero attached hydrogens (tertiary/aromatic N) is 1. The normalized spacial score (nSPS) is 10.9. The van der Waals surface area contributed by atoms with E-state index < -0.39 is 0 Å². The Balaban J connectivity index is 2.05. The van der Waals surface area contributed by atoms with Gasteiger partial charge in [-0.25, -0.2) is 4.98 Å². The molecule has 1 aromatic heterocycles. The number of H-pyrrole nitrogens is 1. The van der Waals surface area contributed by atoms with Gasteiger partial charge in [0.15, 0.2) is 11.5 Å². The minimum absolute atomic E-state index is 0.219. The molecule has 0 aliphatic carbocycles. The Hall–Kier alpha value is -1.79. The summed E-state index contributed by atoms with van der Waals surface area (Å²) in [6.07, 6.45) is 1.58. The molecule has 0 atom stereocenters. The molecule has 0 aliphatic rings. The topological polar surface area (TPSA) is 79.4 Å². The molecule has 0 bridgehead atoms. The Morgan fingerprint density at radius 1 is 1.20 bits per heavy atom. The van der Waals surface area contributed by atoms with Crippen LogP contribution in [0, 0.1) is 0 Å². The molecule has 6 nitrogen and oxygen atoms in total. The number of aromatic nitrogens is 2. The molecular weight excluding hydrogens is 258 g/mol. The number of rotatable bonds is 8. The molecule has 2 aromatic rings. The van der Waals surface area contributed by atoms with Gasteiger partial charge in [-0.2, -0.15) is 0 Å². The maximum Gasteiger partial charge on any atom is 0.163 e. The summed E-state index contributed by atoms with van der Waals surface area (Å²) in [7, 11) is 3.23. The molecule has 0 fully saturated rings. The third-order valence-electron chi connectivity index (χ3n) is 3.09. The van der Waals surface area contributed by atoms with Crippen LogP contribution in [-0.4, -0.2) is 49.0 Å². The number of hydrogen-bond acceptors (Lipinski definition) is 5. The minimum atomic E-state index is 0.219. The molecule has 6 heteroatoms. The fraction of sp³-hybridized carbons (Fsp3) is 0.500. The number of aromatic amines is 1. The molecule has 1 aromatic carbocycles. The second-order valence-electron chi connectivity index (χ2n) is 4.48. The van der Waals surface area contributed by atoms with Gasteiger partial charge in [0.2, 0.25) is 0 Å². The molecule has 0 saturated carbocycles. The first-order valence-electron chi connectivity index (χ1n) is 6.70. The predicted octanol–water partition coefficient (Wildman–Crippen LogP) is 1.09. The van der Waals surface area contributed by atoms with Crippen LogP contribution < -0.4 is 14.8 Å². The zero-order valence-electron chi connectivity index (χ0n) is 11.9. The van der Waals surface area contributed by atoms with Crippen molar-refractivity contribution >= 4 is 11.0 Å². The monoisotopic (exact) mass is 279 g/mol. The third-order valence-corrected chi connectivity index (χ3v) is 3.09. The Labute approximate surface area is 118 Å². The van der Waals surface area contributed by atoms with E-state index in [1.54, 1.807) is 14.2 Å². The Bertz CT molecular complexity index is 513. The molecule has 20 heavy (non-hydrogen) atoms. The predicted molar refractivity (Wildman–Crippen MR) is 77.5 cm³/mol. The lowest BCUT2D eigenvalue weighted by Gasteiger charge is -2.06. The highest BCUT2D eigenvalue weighted by Crippen LogP contribution is 2.30. The van der Waals surface area contributed by atoms with E-state index in [-0.39, 0.29) is 6.61 Å². The van der Waals surface area contributed by atoms with Crippen LogP contribution in [0.25, 0.3) is 11.0 Å². The van der Waals surface area contributed by atoms with Crippen LogP contribution in [0.2, 0.25) is 0 Å². The van der Waals surface area contributed by atoms with Crippen molar-refractivity contribution in [2.24, 2.45) is 0 Å². The lowest BCUT2D eigenvalue weighted by molar-refractivity contribution is 0.286. The van der Waals surface area contributed by atoms with Crippen molar-refractivity contribution < 1.29 is 14.6 Å². The van der Waals surface area contributed by atoms with E-state index in [0.717, 1.165) is 42.8 Å². The highest BCUT2D eigenvalue weighted by Gasteiger charge is 2.09. The fourth-order valence-electron chi connectivity index (χ4n) is 2.04. The van der Waals surface area contributed by atoms with Gasteiger partial charge in [0, 0.05) is 31.7 Å². The van der Waals surface area contributed by atoms with Gasteiger partial charge >= 0.3 is 0 Å². The van der Waals surface area contributed by atoms with E-state index in [1.807, 2.05) is 12.1 Å². The van der Waals surface area contributed by atoms with Gasteiger partial charge in [0.25, 0.3) is 0 Å². The molecule has 2 rings (SSSR count). The van der Waals surface area contributed by atoms with Crippen molar-refractivity contribution in [3.8, 4) is 11.5 Å². The number of benzene rings is 1.